The molecular formula is C14H11NO5. The number of carboxylic acids is 1. The van der Waals surface area contributed by atoms with Crippen LogP contribution in [0.4, 0.5) is 0 Å². The highest BCUT2D eigenvalue weighted by Crippen LogP contribution is 2.26. The number of nitrogens with zero attached hydrogens (tertiary/aromatic N) is 1. The average molecular weight is 273 g/mol. The van der Waals surface area contributed by atoms with E-state index < -0.39 is 11.9 Å². The van der Waals surface area contributed by atoms with Gasteiger partial charge < -0.3 is 14.6 Å². The van der Waals surface area contributed by atoms with Crippen molar-refractivity contribution in [1.29, 1.82) is 0 Å². The van der Waals surface area contributed by atoms with Crippen LogP contribution in [0.25, 0.3) is 0 Å². The van der Waals surface area contributed by atoms with Gasteiger partial charge >= 0.3 is 11.9 Å². The van der Waals surface area contributed by atoms with Crippen molar-refractivity contribution >= 4 is 11.9 Å². The Morgan fingerprint density at radius 2 is 1.80 bits per heavy atom. The smallest absolute Gasteiger partial charge is 0.354 e. The monoisotopic (exact) mass is 273 g/mol. The van der Waals surface area contributed by atoms with Gasteiger partial charge in [-0.25, -0.2) is 14.6 Å². The lowest BCUT2D eigenvalue weighted by Crippen LogP contribution is -2.10. The summed E-state index contributed by atoms with van der Waals surface area (Å²) in [6.07, 6.45) is 1.15. The summed E-state index contributed by atoms with van der Waals surface area (Å²) in [5, 5.41) is 8.72. The first-order valence-corrected chi connectivity index (χ1v) is 5.66. The van der Waals surface area contributed by atoms with Crippen molar-refractivity contribution in [3.63, 3.8) is 0 Å². The van der Waals surface area contributed by atoms with Gasteiger partial charge in [-0.1, -0.05) is 12.1 Å². The number of hydrogen-bond acceptors (Lipinski definition) is 5. The Labute approximate surface area is 114 Å². The number of aromatic nitrogens is 1. The number of carbonyl (C=O) groups excluding carboxylic acids is 1. The zero-order valence-electron chi connectivity index (χ0n) is 10.6. The molecular weight excluding hydrogens is 262 g/mol. The van der Waals surface area contributed by atoms with E-state index in [0.717, 1.165) is 6.20 Å². The summed E-state index contributed by atoms with van der Waals surface area (Å²) >= 11 is 0. The first-order valence-electron chi connectivity index (χ1n) is 5.66. The van der Waals surface area contributed by atoms with Crippen molar-refractivity contribution in [3.05, 3.63) is 53.9 Å². The Morgan fingerprint density at radius 1 is 1.10 bits per heavy atom. The van der Waals surface area contributed by atoms with Gasteiger partial charge in [0.15, 0.2) is 11.5 Å². The highest BCUT2D eigenvalue weighted by Gasteiger charge is 2.13. The minimum absolute atomic E-state index is 0.140. The van der Waals surface area contributed by atoms with E-state index in [9.17, 15) is 9.59 Å². The van der Waals surface area contributed by atoms with E-state index >= 15 is 0 Å². The van der Waals surface area contributed by atoms with Gasteiger partial charge in [-0.05, 0) is 24.3 Å². The van der Waals surface area contributed by atoms with Crippen molar-refractivity contribution in [2.45, 2.75) is 0 Å². The molecule has 0 aliphatic heterocycles. The normalized spacial score (nSPS) is 9.85. The van der Waals surface area contributed by atoms with Crippen LogP contribution in [-0.2, 0) is 0 Å². The first-order chi connectivity index (χ1) is 9.61. The number of benzene rings is 1. The fourth-order valence-corrected chi connectivity index (χ4v) is 1.50. The molecule has 102 valence electrons. The van der Waals surface area contributed by atoms with E-state index in [1.807, 2.05) is 0 Å². The lowest BCUT2D eigenvalue weighted by Gasteiger charge is -2.08. The molecule has 0 saturated carbocycles. The predicted molar refractivity (Wildman–Crippen MR) is 69.1 cm³/mol. The number of carbonyl (C=O) groups is 2. The fraction of sp³-hybridized carbons (Fsp3) is 0.0714. The Morgan fingerprint density at radius 3 is 2.35 bits per heavy atom. The molecule has 1 aromatic heterocycles. The molecule has 0 aliphatic carbocycles. The van der Waals surface area contributed by atoms with Gasteiger partial charge in [-0.15, -0.1) is 0 Å². The van der Waals surface area contributed by atoms with Gasteiger partial charge in [0.25, 0.3) is 0 Å². The number of aromatic carboxylic acids is 1. The van der Waals surface area contributed by atoms with Crippen molar-refractivity contribution in [2.24, 2.45) is 0 Å². The van der Waals surface area contributed by atoms with Crippen LogP contribution in [0.1, 0.15) is 20.8 Å². The van der Waals surface area contributed by atoms with Crippen LogP contribution in [0.2, 0.25) is 0 Å². The standard InChI is InChI=1S/C14H11NO5/c1-19-11-4-2-3-5-12(11)20-14(18)9-6-7-10(13(16)17)15-8-9/h2-8H,1H3,(H,16,17). The predicted octanol–water partition coefficient (Wildman–Crippen LogP) is 2.01. The van der Waals surface area contributed by atoms with Crippen LogP contribution in [0.5, 0.6) is 11.5 Å². The Hall–Kier alpha value is -2.89. The van der Waals surface area contributed by atoms with Crippen LogP contribution in [0.15, 0.2) is 42.6 Å². The van der Waals surface area contributed by atoms with E-state index in [1.54, 1.807) is 24.3 Å². The lowest BCUT2D eigenvalue weighted by atomic mass is 10.2. The van der Waals surface area contributed by atoms with Crippen molar-refractivity contribution in [2.75, 3.05) is 7.11 Å². The first kappa shape index (κ1) is 13.5. The molecule has 0 spiro atoms. The van der Waals surface area contributed by atoms with Crippen molar-refractivity contribution < 1.29 is 24.2 Å². The minimum Gasteiger partial charge on any atom is -0.493 e. The Kier molecular flexibility index (Phi) is 3.95. The number of para-hydroxylation sites is 2. The van der Waals surface area contributed by atoms with Crippen molar-refractivity contribution in [3.8, 4) is 11.5 Å². The van der Waals surface area contributed by atoms with Gasteiger partial charge in [0.05, 0.1) is 12.7 Å². The maximum atomic E-state index is 11.9. The summed E-state index contributed by atoms with van der Waals surface area (Å²) in [5.41, 5.74) is 0.0137. The van der Waals surface area contributed by atoms with Gasteiger partial charge in [0.1, 0.15) is 5.69 Å². The quantitative estimate of drug-likeness (QED) is 0.677. The minimum atomic E-state index is -1.16. The van der Waals surface area contributed by atoms with Crippen molar-refractivity contribution in [1.82, 2.24) is 4.98 Å². The second kappa shape index (κ2) is 5.83. The molecule has 0 amide bonds. The second-order valence-corrected chi connectivity index (χ2v) is 3.78. The summed E-state index contributed by atoms with van der Waals surface area (Å²) < 4.78 is 10.2. The van der Waals surface area contributed by atoms with Crippen LogP contribution in [0.3, 0.4) is 0 Å². The SMILES string of the molecule is COc1ccccc1OC(=O)c1ccc(C(=O)O)nc1. The molecule has 0 unspecified atom stereocenters. The highest BCUT2D eigenvalue weighted by molar-refractivity contribution is 5.92. The van der Waals surface area contributed by atoms with E-state index in [2.05, 4.69) is 4.98 Å². The Balaban J connectivity index is 2.17. The molecule has 0 fully saturated rings. The third kappa shape index (κ3) is 2.92. The second-order valence-electron chi connectivity index (χ2n) is 3.78. The highest BCUT2D eigenvalue weighted by atomic mass is 16.6. The van der Waals surface area contributed by atoms with Crippen LogP contribution < -0.4 is 9.47 Å². The maximum Gasteiger partial charge on any atom is 0.354 e. The average Bonchev–Trinajstić information content (AvgIpc) is 2.48. The summed E-state index contributed by atoms with van der Waals surface area (Å²) in [4.78, 5) is 26.2. The van der Waals surface area contributed by atoms with Crippen LogP contribution >= 0.6 is 0 Å². The summed E-state index contributed by atoms with van der Waals surface area (Å²) in [7, 11) is 1.47. The van der Waals surface area contributed by atoms with Crippen LogP contribution in [0, 0.1) is 0 Å². The largest absolute Gasteiger partial charge is 0.493 e. The number of carboxylic acid groups (broad SMARTS) is 1. The van der Waals surface area contributed by atoms with Gasteiger partial charge in [0.2, 0.25) is 0 Å². The zero-order valence-corrected chi connectivity index (χ0v) is 10.6. The number of ether oxygens (including phenoxy) is 2. The molecule has 6 heteroatoms. The van der Waals surface area contributed by atoms with Gasteiger partial charge in [0, 0.05) is 6.20 Å². The molecule has 6 nitrogen and oxygen atoms in total. The van der Waals surface area contributed by atoms with E-state index in [0.29, 0.717) is 5.75 Å². The summed E-state index contributed by atoms with van der Waals surface area (Å²) in [6.45, 7) is 0. The molecule has 0 aliphatic rings. The topological polar surface area (TPSA) is 85.7 Å². The molecule has 1 N–H and O–H groups in total. The number of esters is 1. The molecule has 0 radical (unpaired) electrons. The lowest BCUT2D eigenvalue weighted by molar-refractivity contribution is 0.0684. The van der Waals surface area contributed by atoms with Gasteiger partial charge in [-0.3, -0.25) is 0 Å². The molecule has 1 heterocycles. The molecule has 2 rings (SSSR count). The van der Waals surface area contributed by atoms with Gasteiger partial charge in [-0.2, -0.15) is 0 Å². The summed E-state index contributed by atoms with van der Waals surface area (Å²) in [6, 6.07) is 9.29. The number of rotatable bonds is 4. The molecule has 1 aromatic carbocycles. The van der Waals surface area contributed by atoms with E-state index in [1.165, 1.54) is 19.2 Å². The molecule has 0 saturated heterocycles. The Bertz CT molecular complexity index is 636. The number of hydrogen-bond donors (Lipinski definition) is 1. The third-order valence-electron chi connectivity index (χ3n) is 2.49. The zero-order chi connectivity index (χ0) is 14.5. The van der Waals surface area contributed by atoms with Crippen LogP contribution in [-0.4, -0.2) is 29.1 Å². The molecule has 2 aromatic rings. The number of methoxy groups -OCH3 is 1. The third-order valence-corrected chi connectivity index (χ3v) is 2.49. The van der Waals surface area contributed by atoms with E-state index in [-0.39, 0.29) is 17.0 Å². The maximum absolute atomic E-state index is 11.9. The molecule has 20 heavy (non-hydrogen) atoms. The fourth-order valence-electron chi connectivity index (χ4n) is 1.50. The van der Waals surface area contributed by atoms with E-state index in [4.69, 9.17) is 14.6 Å². The molecule has 0 atom stereocenters. The summed E-state index contributed by atoms with van der Waals surface area (Å²) in [5.74, 6) is -1.09. The molecule has 0 bridgehead atoms. The number of pyridine rings is 1.